The molecule has 5 heteroatoms. The van der Waals surface area contributed by atoms with Gasteiger partial charge in [-0.15, -0.1) is 11.3 Å². The van der Waals surface area contributed by atoms with Gasteiger partial charge in [-0.05, 0) is 199 Å². The third kappa shape index (κ3) is 8.47. The highest BCUT2D eigenvalue weighted by molar-refractivity contribution is 7.26. The van der Waals surface area contributed by atoms with E-state index < -0.39 is 0 Å². The molecule has 1 fully saturated rings. The summed E-state index contributed by atoms with van der Waals surface area (Å²) in [5, 5.41) is 2.68. The summed E-state index contributed by atoms with van der Waals surface area (Å²) in [6, 6.07) is 70.0. The average Bonchev–Trinajstić information content (AvgIpc) is 1.57. The highest BCUT2D eigenvalue weighted by atomic mass is 32.1. The molecule has 1 aromatic heterocycles. The lowest BCUT2D eigenvalue weighted by Gasteiger charge is -2.53. The van der Waals surface area contributed by atoms with Crippen LogP contribution in [0.4, 0.5) is 45.5 Å². The monoisotopic (exact) mass is 1160 g/mol. The summed E-state index contributed by atoms with van der Waals surface area (Å²) < 4.78 is 2.66. The minimum absolute atomic E-state index is 0.00165. The van der Waals surface area contributed by atoms with Crippen molar-refractivity contribution in [1.82, 2.24) is 0 Å². The summed E-state index contributed by atoms with van der Waals surface area (Å²) >= 11 is 1.92. The summed E-state index contributed by atoms with van der Waals surface area (Å²) in [5.74, 6) is 0. The van der Waals surface area contributed by atoms with Crippen LogP contribution in [0.2, 0.25) is 0 Å². The Kier molecular flexibility index (Phi) is 12.3. The van der Waals surface area contributed by atoms with Crippen LogP contribution in [0.25, 0.3) is 42.4 Å². The second kappa shape index (κ2) is 19.1. The molecule has 3 aliphatic heterocycles. The fraction of sp³-hybridized carbons (Fsp3) is 0.341. The van der Waals surface area contributed by atoms with Crippen LogP contribution in [-0.4, -0.2) is 12.3 Å². The maximum Gasteiger partial charge on any atom is 0.252 e. The van der Waals surface area contributed by atoms with Gasteiger partial charge < -0.3 is 14.7 Å². The van der Waals surface area contributed by atoms with Gasteiger partial charge in [-0.25, -0.2) is 0 Å². The first-order valence-corrected chi connectivity index (χ1v) is 33.3. The van der Waals surface area contributed by atoms with Gasteiger partial charge in [0.2, 0.25) is 0 Å². The number of hydrogen-bond donors (Lipinski definition) is 0. The topological polar surface area (TPSA) is 9.72 Å². The molecule has 15 rings (SSSR count). The maximum atomic E-state index is 2.95. The second-order valence-corrected chi connectivity index (χ2v) is 32.6. The molecule has 1 unspecified atom stereocenters. The molecule has 2 aliphatic carbocycles. The molecule has 87 heavy (non-hydrogen) atoms. The van der Waals surface area contributed by atoms with E-state index in [9.17, 15) is 0 Å². The van der Waals surface area contributed by atoms with Crippen molar-refractivity contribution in [1.29, 1.82) is 0 Å². The Balaban J connectivity index is 1.11. The standard InChI is InChI=1S/C82H86BN3S/c1-76(2,3)53-30-34-56(35-31-53)84(57-36-32-54(33-37-57)77(4,5)6)58-38-39-65-68(48-58)85(67-50-63-62(79(10,11)42-43-80(63,12)13)49-61(67)51-24-17-16-18-25-51)69-44-52(59-27-23-29-72-73(59)60-26-19-20-28-71(60)87-72)45-70-74(69)83(65)66-47-55(78(7,8)9)46-64-75(66)86(70)82(15)41-22-21-40-81(64,82)14/h16-20,23-39,44-50H,21-22,40-43H2,1-15H3/t81-,82?/m1/s1. The Morgan fingerprint density at radius 3 is 1.68 bits per heavy atom. The average molecular weight is 1160 g/mol. The maximum absolute atomic E-state index is 2.95. The first-order chi connectivity index (χ1) is 41.2. The number of anilines is 8. The molecule has 3 nitrogen and oxygen atoms in total. The molecule has 0 amide bonds. The van der Waals surface area contributed by atoms with E-state index >= 15 is 0 Å². The molecule has 0 saturated heterocycles. The summed E-state index contributed by atoms with van der Waals surface area (Å²) in [6.07, 6.45) is 7.04. The van der Waals surface area contributed by atoms with Crippen molar-refractivity contribution in [3.05, 3.63) is 209 Å². The van der Waals surface area contributed by atoms with Gasteiger partial charge in [0, 0.05) is 71.0 Å². The zero-order valence-electron chi connectivity index (χ0n) is 54.3. The van der Waals surface area contributed by atoms with Gasteiger partial charge in [0.05, 0.1) is 11.2 Å². The molecule has 1 saturated carbocycles. The molecule has 2 atom stereocenters. The minimum Gasteiger partial charge on any atom is -0.335 e. The van der Waals surface area contributed by atoms with Gasteiger partial charge in [-0.2, -0.15) is 0 Å². The van der Waals surface area contributed by atoms with Gasteiger partial charge in [-0.1, -0.05) is 213 Å². The molecule has 10 aromatic rings. The molecule has 0 spiro atoms. The first kappa shape index (κ1) is 56.2. The van der Waals surface area contributed by atoms with E-state index in [1.54, 1.807) is 5.56 Å². The largest absolute Gasteiger partial charge is 0.335 e. The van der Waals surface area contributed by atoms with Gasteiger partial charge in [0.25, 0.3) is 6.71 Å². The van der Waals surface area contributed by atoms with Crippen molar-refractivity contribution in [2.75, 3.05) is 14.7 Å². The van der Waals surface area contributed by atoms with E-state index in [-0.39, 0.29) is 44.7 Å². The summed E-state index contributed by atoms with van der Waals surface area (Å²) in [5.41, 5.74) is 27.6. The summed E-state index contributed by atoms with van der Waals surface area (Å²) in [7, 11) is 0. The van der Waals surface area contributed by atoms with Crippen LogP contribution in [0.15, 0.2) is 176 Å². The van der Waals surface area contributed by atoms with Gasteiger partial charge >= 0.3 is 0 Å². The normalized spacial score (nSPS) is 19.8. The van der Waals surface area contributed by atoms with E-state index in [0.29, 0.717) is 0 Å². The molecule has 438 valence electrons. The van der Waals surface area contributed by atoms with E-state index in [1.165, 1.54) is 134 Å². The Labute approximate surface area is 523 Å². The van der Waals surface area contributed by atoms with Gasteiger partial charge in [0.15, 0.2) is 0 Å². The van der Waals surface area contributed by atoms with E-state index in [4.69, 9.17) is 0 Å². The van der Waals surface area contributed by atoms with Crippen LogP contribution in [0.5, 0.6) is 0 Å². The second-order valence-electron chi connectivity index (χ2n) is 31.6. The molecule has 0 radical (unpaired) electrons. The summed E-state index contributed by atoms with van der Waals surface area (Å²) in [6.45, 7) is 36.5. The predicted molar refractivity (Wildman–Crippen MR) is 378 cm³/mol. The molecule has 5 aliphatic rings. The zero-order valence-corrected chi connectivity index (χ0v) is 55.1. The lowest BCUT2D eigenvalue weighted by molar-refractivity contribution is 0.195. The van der Waals surface area contributed by atoms with Crippen LogP contribution >= 0.6 is 11.3 Å². The molecule has 0 bridgehead atoms. The predicted octanol–water partition coefficient (Wildman–Crippen LogP) is 21.5. The van der Waals surface area contributed by atoms with Crippen LogP contribution in [0.1, 0.15) is 176 Å². The van der Waals surface area contributed by atoms with Crippen molar-refractivity contribution >= 4 is 100 Å². The number of nitrogens with zero attached hydrogens (tertiary/aromatic N) is 3. The Hall–Kier alpha value is -7.34. The van der Waals surface area contributed by atoms with Crippen LogP contribution in [-0.2, 0) is 32.5 Å². The van der Waals surface area contributed by atoms with Crippen molar-refractivity contribution in [2.24, 2.45) is 0 Å². The number of thiophene rings is 1. The van der Waals surface area contributed by atoms with Crippen molar-refractivity contribution < 1.29 is 0 Å². The number of fused-ring (bicyclic) bond motifs is 11. The van der Waals surface area contributed by atoms with Crippen LogP contribution in [0, 0.1) is 0 Å². The van der Waals surface area contributed by atoms with Gasteiger partial charge in [-0.3, -0.25) is 0 Å². The Morgan fingerprint density at radius 1 is 0.437 bits per heavy atom. The van der Waals surface area contributed by atoms with Gasteiger partial charge in [0.1, 0.15) is 0 Å². The zero-order chi connectivity index (χ0) is 60.7. The number of hydrogen-bond acceptors (Lipinski definition) is 4. The molecule has 0 N–H and O–H groups in total. The Morgan fingerprint density at radius 2 is 1.02 bits per heavy atom. The molecular weight excluding hydrogens is 1070 g/mol. The molecule has 9 aromatic carbocycles. The number of benzene rings is 9. The third-order valence-corrected chi connectivity index (χ3v) is 23.3. The Bertz CT molecular complexity index is 4390. The van der Waals surface area contributed by atoms with Crippen molar-refractivity contribution in [3.8, 4) is 22.3 Å². The van der Waals surface area contributed by atoms with Crippen LogP contribution < -0.4 is 31.1 Å². The van der Waals surface area contributed by atoms with E-state index in [1.807, 2.05) is 11.3 Å². The number of rotatable bonds is 6. The lowest BCUT2D eigenvalue weighted by atomic mass is 9.33. The fourth-order valence-corrected chi connectivity index (χ4v) is 17.8. The fourth-order valence-electron chi connectivity index (χ4n) is 16.6. The van der Waals surface area contributed by atoms with Crippen LogP contribution in [0.3, 0.4) is 0 Å². The molecule has 4 heterocycles. The van der Waals surface area contributed by atoms with E-state index in [2.05, 4.69) is 294 Å². The summed E-state index contributed by atoms with van der Waals surface area (Å²) in [4.78, 5) is 8.28. The van der Waals surface area contributed by atoms with Crippen molar-refractivity contribution in [3.63, 3.8) is 0 Å². The van der Waals surface area contributed by atoms with Crippen molar-refractivity contribution in [2.45, 2.75) is 180 Å². The SMILES string of the molecule is CC(C)(C)c1ccc(N(c2ccc(C(C)(C)C)cc2)c2ccc3c(c2)N(c2cc4c(cc2-c2ccccc2)C(C)(C)CCC4(C)C)c2cc(-c4cccc5sc6ccccc6c45)cc4c2B3c2cc(C(C)(C)C)cc3c2N4C2(C)CCCC[C@]32C)cc1. The molecular formula is C82H86BN3S. The smallest absolute Gasteiger partial charge is 0.252 e. The highest BCUT2D eigenvalue weighted by Gasteiger charge is 2.62. The minimum atomic E-state index is -0.158. The van der Waals surface area contributed by atoms with E-state index in [0.717, 1.165) is 36.3 Å². The third-order valence-electron chi connectivity index (χ3n) is 22.1. The highest BCUT2D eigenvalue weighted by Crippen LogP contribution is 2.63. The lowest BCUT2D eigenvalue weighted by Crippen LogP contribution is -2.64. The quantitative estimate of drug-likeness (QED) is 0.154. The first-order valence-electron chi connectivity index (χ1n) is 32.5.